The Morgan fingerprint density at radius 3 is 2.03 bits per heavy atom. The molecule has 1 aromatic heterocycles. The van der Waals surface area contributed by atoms with E-state index < -0.39 is 17.7 Å². The van der Waals surface area contributed by atoms with Crippen molar-refractivity contribution >= 4 is 33.9 Å². The highest BCUT2D eigenvalue weighted by atomic mass is 32.1. The van der Waals surface area contributed by atoms with E-state index in [1.165, 1.54) is 16.2 Å². The molecule has 3 aromatic rings. The lowest BCUT2D eigenvalue weighted by molar-refractivity contribution is -0.132. The minimum Gasteiger partial charge on any atom is -0.507 e. The van der Waals surface area contributed by atoms with Crippen LogP contribution in [0.3, 0.4) is 0 Å². The third kappa shape index (κ3) is 3.33. The van der Waals surface area contributed by atoms with Gasteiger partial charge in [-0.2, -0.15) is 0 Å². The molecule has 1 aliphatic rings. The van der Waals surface area contributed by atoms with Gasteiger partial charge in [0.15, 0.2) is 5.13 Å². The van der Waals surface area contributed by atoms with E-state index >= 15 is 0 Å². The largest absolute Gasteiger partial charge is 0.507 e. The third-order valence-corrected chi connectivity index (χ3v) is 6.46. The van der Waals surface area contributed by atoms with Gasteiger partial charge in [-0.15, -0.1) is 11.3 Å². The van der Waals surface area contributed by atoms with Crippen LogP contribution in [0.1, 0.15) is 38.9 Å². The number of Topliss-reactive ketones (excluding diaryl/α,β-unsaturated/α-hetero) is 1. The van der Waals surface area contributed by atoms with E-state index in [0.717, 1.165) is 27.3 Å². The van der Waals surface area contributed by atoms with E-state index in [2.05, 4.69) is 4.98 Å². The van der Waals surface area contributed by atoms with Crippen LogP contribution in [-0.2, 0) is 9.59 Å². The van der Waals surface area contributed by atoms with Gasteiger partial charge < -0.3 is 5.11 Å². The van der Waals surface area contributed by atoms with Crippen molar-refractivity contribution in [3.63, 3.8) is 0 Å². The van der Waals surface area contributed by atoms with Crippen LogP contribution in [-0.4, -0.2) is 21.8 Å². The Kier molecular flexibility index (Phi) is 5.03. The zero-order chi connectivity index (χ0) is 21.6. The van der Waals surface area contributed by atoms with E-state index in [1.807, 2.05) is 64.1 Å². The molecule has 30 heavy (non-hydrogen) atoms. The fourth-order valence-corrected chi connectivity index (χ4v) is 4.46. The summed E-state index contributed by atoms with van der Waals surface area (Å²) in [6.07, 6.45) is 0. The van der Waals surface area contributed by atoms with Crippen LogP contribution < -0.4 is 4.90 Å². The number of hydrogen-bond acceptors (Lipinski definition) is 5. The van der Waals surface area contributed by atoms with Crippen molar-refractivity contribution < 1.29 is 14.7 Å². The summed E-state index contributed by atoms with van der Waals surface area (Å²) in [6, 6.07) is 14.1. The van der Waals surface area contributed by atoms with Gasteiger partial charge in [-0.05, 0) is 33.3 Å². The monoisotopic (exact) mass is 418 g/mol. The minimum atomic E-state index is -0.739. The molecule has 0 aliphatic carbocycles. The fourth-order valence-electron chi connectivity index (χ4n) is 3.52. The Hall–Kier alpha value is -3.25. The second-order valence-corrected chi connectivity index (χ2v) is 8.77. The van der Waals surface area contributed by atoms with Gasteiger partial charge in [-0.3, -0.25) is 14.5 Å². The number of nitrogens with zero attached hydrogens (tertiary/aromatic N) is 2. The molecule has 1 saturated heterocycles. The Morgan fingerprint density at radius 2 is 1.50 bits per heavy atom. The van der Waals surface area contributed by atoms with Gasteiger partial charge in [0.25, 0.3) is 5.78 Å². The van der Waals surface area contributed by atoms with Crippen molar-refractivity contribution in [3.8, 4) is 0 Å². The molecule has 0 saturated carbocycles. The van der Waals surface area contributed by atoms with Gasteiger partial charge >= 0.3 is 5.91 Å². The summed E-state index contributed by atoms with van der Waals surface area (Å²) in [5.41, 5.74) is 4.25. The van der Waals surface area contributed by atoms with E-state index in [9.17, 15) is 14.7 Å². The predicted molar refractivity (Wildman–Crippen MR) is 119 cm³/mol. The van der Waals surface area contributed by atoms with Crippen LogP contribution in [0.25, 0.3) is 5.76 Å². The van der Waals surface area contributed by atoms with E-state index in [4.69, 9.17) is 0 Å². The molecule has 1 amide bonds. The van der Waals surface area contributed by atoms with Crippen LogP contribution in [0, 0.1) is 27.7 Å². The molecule has 1 fully saturated rings. The molecule has 152 valence electrons. The smallest absolute Gasteiger partial charge is 0.301 e. The lowest BCUT2D eigenvalue weighted by Gasteiger charge is -2.23. The molecule has 2 heterocycles. The number of aromatic nitrogens is 1. The number of rotatable bonds is 3. The second-order valence-electron chi connectivity index (χ2n) is 7.58. The number of anilines is 1. The van der Waals surface area contributed by atoms with Crippen molar-refractivity contribution in [2.45, 2.75) is 33.7 Å². The van der Waals surface area contributed by atoms with Gasteiger partial charge in [-0.1, -0.05) is 59.7 Å². The Morgan fingerprint density at radius 1 is 0.933 bits per heavy atom. The lowest BCUT2D eigenvalue weighted by atomic mass is 9.94. The number of thiazole rings is 1. The zero-order valence-corrected chi connectivity index (χ0v) is 18.1. The average molecular weight is 419 g/mol. The highest BCUT2D eigenvalue weighted by Crippen LogP contribution is 2.43. The number of aliphatic hydroxyl groups excluding tert-OH is 1. The van der Waals surface area contributed by atoms with Crippen LogP contribution >= 0.6 is 11.3 Å². The van der Waals surface area contributed by atoms with Gasteiger partial charge in [-0.25, -0.2) is 4.98 Å². The number of carbonyl (C=O) groups is 2. The van der Waals surface area contributed by atoms with E-state index in [1.54, 1.807) is 12.1 Å². The zero-order valence-electron chi connectivity index (χ0n) is 17.3. The summed E-state index contributed by atoms with van der Waals surface area (Å²) >= 11 is 1.37. The molecule has 1 aliphatic heterocycles. The average Bonchev–Trinajstić information content (AvgIpc) is 3.18. The highest BCUT2D eigenvalue weighted by Gasteiger charge is 2.48. The van der Waals surface area contributed by atoms with Gasteiger partial charge in [0.1, 0.15) is 5.76 Å². The molecule has 0 bridgehead atoms. The molecule has 0 radical (unpaired) electrons. The van der Waals surface area contributed by atoms with Crippen molar-refractivity contribution in [2.24, 2.45) is 0 Å². The van der Waals surface area contributed by atoms with Gasteiger partial charge in [0, 0.05) is 10.4 Å². The quantitative estimate of drug-likeness (QED) is 0.369. The summed E-state index contributed by atoms with van der Waals surface area (Å²) in [7, 11) is 0. The number of aryl methyl sites for hydroxylation is 4. The van der Waals surface area contributed by atoms with Crippen LogP contribution in [0.15, 0.2) is 54.1 Å². The van der Waals surface area contributed by atoms with Crippen molar-refractivity contribution in [1.29, 1.82) is 0 Å². The summed E-state index contributed by atoms with van der Waals surface area (Å²) in [5.74, 6) is -1.56. The second kappa shape index (κ2) is 7.54. The van der Waals surface area contributed by atoms with Crippen molar-refractivity contribution in [1.82, 2.24) is 4.98 Å². The molecule has 4 rings (SSSR count). The number of hydrogen-bond donors (Lipinski definition) is 1. The fraction of sp³-hybridized carbons (Fsp3) is 0.208. The maximum Gasteiger partial charge on any atom is 0.301 e. The van der Waals surface area contributed by atoms with Crippen molar-refractivity contribution in [3.05, 3.63) is 86.9 Å². The summed E-state index contributed by atoms with van der Waals surface area (Å²) in [4.78, 5) is 33.1. The third-order valence-electron chi connectivity index (χ3n) is 5.39. The molecule has 1 atom stereocenters. The molecule has 5 nitrogen and oxygen atoms in total. The summed E-state index contributed by atoms with van der Waals surface area (Å²) < 4.78 is 0. The Bertz CT molecular complexity index is 1150. The molecule has 6 heteroatoms. The van der Waals surface area contributed by atoms with Gasteiger partial charge in [0.05, 0.1) is 17.3 Å². The number of aliphatic hydroxyl groups is 1. The summed E-state index contributed by atoms with van der Waals surface area (Å²) in [5, 5.41) is 11.5. The topological polar surface area (TPSA) is 70.5 Å². The molecule has 1 N–H and O–H groups in total. The van der Waals surface area contributed by atoms with Crippen LogP contribution in [0.2, 0.25) is 0 Å². The number of carbonyl (C=O) groups excluding carboxylic acids is 2. The van der Waals surface area contributed by atoms with E-state index in [0.29, 0.717) is 10.7 Å². The predicted octanol–water partition coefficient (Wildman–Crippen LogP) is 5.00. The SMILES string of the molecule is Cc1ccc(/C(O)=C2\C(=O)C(=O)N(c3nc(C)c(C)s3)[C@H]2c2ccc(C)cc2)cc1. The lowest BCUT2D eigenvalue weighted by Crippen LogP contribution is -2.29. The standard InChI is InChI=1S/C24H22N2O3S/c1-13-5-9-17(10-6-13)20-19(21(27)18-11-7-14(2)8-12-18)22(28)23(29)26(20)24-25-15(3)16(4)30-24/h5-12,20,27H,1-4H3/b21-19+/t20-/m0/s1. The summed E-state index contributed by atoms with van der Waals surface area (Å²) in [6.45, 7) is 7.72. The first kappa shape index (κ1) is 20.0. The maximum absolute atomic E-state index is 13.1. The molecular weight excluding hydrogens is 396 g/mol. The van der Waals surface area contributed by atoms with Gasteiger partial charge in [0.2, 0.25) is 0 Å². The number of amides is 1. The first-order valence-corrected chi connectivity index (χ1v) is 10.5. The van der Waals surface area contributed by atoms with E-state index in [-0.39, 0.29) is 11.3 Å². The molecule has 0 unspecified atom stereocenters. The molecule has 0 spiro atoms. The van der Waals surface area contributed by atoms with Crippen molar-refractivity contribution in [2.75, 3.05) is 4.90 Å². The molecule has 2 aromatic carbocycles. The Labute approximate surface area is 179 Å². The normalized spacial score (nSPS) is 18.3. The maximum atomic E-state index is 13.1. The first-order valence-electron chi connectivity index (χ1n) is 9.66. The molecular formula is C24H22N2O3S. The highest BCUT2D eigenvalue weighted by molar-refractivity contribution is 7.16. The number of ketones is 1. The first-order chi connectivity index (χ1) is 14.3. The number of benzene rings is 2. The minimum absolute atomic E-state index is 0.0817. The van der Waals surface area contributed by atoms with Crippen LogP contribution in [0.5, 0.6) is 0 Å². The van der Waals surface area contributed by atoms with Crippen LogP contribution in [0.4, 0.5) is 5.13 Å². The Balaban J connectivity index is 1.94.